The first kappa shape index (κ1) is 18.5. The fourth-order valence-electron chi connectivity index (χ4n) is 2.49. The van der Waals surface area contributed by atoms with Crippen molar-refractivity contribution < 1.29 is 22.7 Å². The van der Waals surface area contributed by atoms with Gasteiger partial charge in [-0.3, -0.25) is 4.79 Å². The summed E-state index contributed by atoms with van der Waals surface area (Å²) in [5, 5.41) is 12.9. The van der Waals surface area contributed by atoms with Gasteiger partial charge in [-0.25, -0.2) is 13.1 Å². The zero-order valence-electron chi connectivity index (χ0n) is 13.9. The molecule has 0 amide bonds. The quantitative estimate of drug-likeness (QED) is 0.604. The molecule has 0 bridgehead atoms. The zero-order valence-corrected chi connectivity index (χ0v) is 15.5. The smallest absolute Gasteiger partial charge is 0.240 e. The van der Waals surface area contributed by atoms with E-state index >= 15 is 0 Å². The maximum Gasteiger partial charge on any atom is 0.240 e. The van der Waals surface area contributed by atoms with E-state index in [0.29, 0.717) is 10.4 Å². The highest BCUT2D eigenvalue weighted by Gasteiger charge is 2.37. The number of ketones is 1. The molecule has 136 valence electrons. The summed E-state index contributed by atoms with van der Waals surface area (Å²) in [4.78, 5) is 12.0. The number of benzene rings is 1. The summed E-state index contributed by atoms with van der Waals surface area (Å²) in [6.07, 6.45) is 1.42. The van der Waals surface area contributed by atoms with Crippen LogP contribution in [0.4, 0.5) is 0 Å². The second-order valence-electron chi connectivity index (χ2n) is 5.72. The number of carbonyl (C=O) groups excluding carboxylic acids is 1. The Hall–Kier alpha value is -2.26. The van der Waals surface area contributed by atoms with Crippen molar-refractivity contribution in [3.05, 3.63) is 76.4 Å². The van der Waals surface area contributed by atoms with Crippen molar-refractivity contribution in [3.8, 4) is 0 Å². The van der Waals surface area contributed by atoms with E-state index in [-0.39, 0.29) is 23.0 Å². The number of furan rings is 1. The highest BCUT2D eigenvalue weighted by molar-refractivity contribution is 7.89. The van der Waals surface area contributed by atoms with Crippen LogP contribution in [0.5, 0.6) is 0 Å². The number of rotatable bonds is 7. The molecule has 1 aromatic carbocycles. The average molecular weight is 391 g/mol. The standard InChI is InChI=1S/C18H17NO5S2/c1-13(20)14-5-2-6-15(11-14)26(22,23)19-12-18(21,16-7-3-9-24-16)17-8-4-10-25-17/h2-11,19,21H,12H2,1H3. The predicted molar refractivity (Wildman–Crippen MR) is 97.7 cm³/mol. The van der Waals surface area contributed by atoms with E-state index in [0.717, 1.165) is 0 Å². The van der Waals surface area contributed by atoms with E-state index in [1.807, 2.05) is 0 Å². The summed E-state index contributed by atoms with van der Waals surface area (Å²) in [6.45, 7) is 1.05. The molecule has 2 aromatic heterocycles. The van der Waals surface area contributed by atoms with Crippen LogP contribution < -0.4 is 4.72 Å². The average Bonchev–Trinajstić information content (AvgIpc) is 3.33. The van der Waals surface area contributed by atoms with E-state index in [4.69, 9.17) is 4.42 Å². The van der Waals surface area contributed by atoms with Crippen LogP contribution in [0, 0.1) is 0 Å². The molecule has 0 saturated carbocycles. The number of aliphatic hydroxyl groups is 1. The van der Waals surface area contributed by atoms with Gasteiger partial charge in [-0.05, 0) is 42.6 Å². The van der Waals surface area contributed by atoms with Crippen LogP contribution in [-0.4, -0.2) is 25.9 Å². The second-order valence-corrected chi connectivity index (χ2v) is 8.44. The molecule has 26 heavy (non-hydrogen) atoms. The summed E-state index contributed by atoms with van der Waals surface area (Å²) in [5.41, 5.74) is -1.34. The lowest BCUT2D eigenvalue weighted by atomic mass is 9.99. The van der Waals surface area contributed by atoms with Gasteiger partial charge in [-0.15, -0.1) is 11.3 Å². The first-order chi connectivity index (χ1) is 12.3. The molecule has 0 spiro atoms. The summed E-state index contributed by atoms with van der Waals surface area (Å²) in [6, 6.07) is 12.4. The molecule has 2 heterocycles. The summed E-state index contributed by atoms with van der Waals surface area (Å²) in [7, 11) is -3.93. The third-order valence-corrected chi connectivity index (χ3v) is 6.35. The number of sulfonamides is 1. The minimum atomic E-state index is -3.93. The van der Waals surface area contributed by atoms with E-state index in [9.17, 15) is 18.3 Å². The minimum Gasteiger partial charge on any atom is -0.466 e. The van der Waals surface area contributed by atoms with Crippen LogP contribution in [0.2, 0.25) is 0 Å². The van der Waals surface area contributed by atoms with Crippen LogP contribution in [0.25, 0.3) is 0 Å². The molecular weight excluding hydrogens is 374 g/mol. The van der Waals surface area contributed by atoms with Gasteiger partial charge < -0.3 is 9.52 Å². The molecule has 0 fully saturated rings. The van der Waals surface area contributed by atoms with Gasteiger partial charge in [0.15, 0.2) is 11.4 Å². The van der Waals surface area contributed by atoms with Crippen LogP contribution in [0.3, 0.4) is 0 Å². The Morgan fingerprint density at radius 1 is 1.23 bits per heavy atom. The Labute approximate surface area is 155 Å². The fourth-order valence-corrected chi connectivity index (χ4v) is 4.42. The van der Waals surface area contributed by atoms with Gasteiger partial charge in [0.2, 0.25) is 10.0 Å². The molecule has 0 aliphatic rings. The second kappa shape index (κ2) is 7.16. The lowest BCUT2D eigenvalue weighted by Gasteiger charge is -2.25. The van der Waals surface area contributed by atoms with E-state index in [1.54, 1.807) is 35.7 Å². The Balaban J connectivity index is 1.90. The molecule has 0 saturated heterocycles. The molecule has 0 radical (unpaired) electrons. The van der Waals surface area contributed by atoms with Gasteiger partial charge >= 0.3 is 0 Å². The van der Waals surface area contributed by atoms with Gasteiger partial charge in [0.05, 0.1) is 17.7 Å². The Kier molecular flexibility index (Phi) is 5.10. The highest BCUT2D eigenvalue weighted by atomic mass is 32.2. The van der Waals surface area contributed by atoms with Crippen LogP contribution >= 0.6 is 11.3 Å². The first-order valence-electron chi connectivity index (χ1n) is 7.74. The monoisotopic (exact) mass is 391 g/mol. The lowest BCUT2D eigenvalue weighted by Crippen LogP contribution is -2.41. The normalized spacial score (nSPS) is 14.1. The van der Waals surface area contributed by atoms with Crippen molar-refractivity contribution in [1.82, 2.24) is 4.72 Å². The van der Waals surface area contributed by atoms with E-state index in [2.05, 4.69) is 4.72 Å². The molecule has 2 N–H and O–H groups in total. The van der Waals surface area contributed by atoms with Crippen LogP contribution in [0.1, 0.15) is 27.9 Å². The van der Waals surface area contributed by atoms with Crippen molar-refractivity contribution in [2.45, 2.75) is 17.4 Å². The summed E-state index contributed by atoms with van der Waals surface area (Å²) in [5.74, 6) is 0.00728. The van der Waals surface area contributed by atoms with Crippen molar-refractivity contribution in [2.24, 2.45) is 0 Å². The number of nitrogens with one attached hydrogen (secondary N) is 1. The molecule has 6 nitrogen and oxygen atoms in total. The Morgan fingerprint density at radius 2 is 2.04 bits per heavy atom. The van der Waals surface area contributed by atoms with Crippen molar-refractivity contribution in [3.63, 3.8) is 0 Å². The lowest BCUT2D eigenvalue weighted by molar-refractivity contribution is 0.0655. The summed E-state index contributed by atoms with van der Waals surface area (Å²) < 4.78 is 33.0. The van der Waals surface area contributed by atoms with Gasteiger partial charge in [-0.1, -0.05) is 18.2 Å². The SMILES string of the molecule is CC(=O)c1cccc(S(=O)(=O)NCC(O)(c2ccco2)c2cccs2)c1. The van der Waals surface area contributed by atoms with Crippen LogP contribution in [-0.2, 0) is 15.6 Å². The topological polar surface area (TPSA) is 96.6 Å². The Bertz CT molecular complexity index is 958. The molecule has 3 rings (SSSR count). The van der Waals surface area contributed by atoms with Crippen LogP contribution in [0.15, 0.2) is 69.5 Å². The zero-order chi connectivity index (χ0) is 18.8. The fraction of sp³-hybridized carbons (Fsp3) is 0.167. The number of carbonyl (C=O) groups is 1. The number of hydrogen-bond donors (Lipinski definition) is 2. The molecule has 8 heteroatoms. The highest BCUT2D eigenvalue weighted by Crippen LogP contribution is 2.33. The maximum absolute atomic E-state index is 12.6. The van der Waals surface area contributed by atoms with Gasteiger partial charge in [0.1, 0.15) is 5.76 Å². The summed E-state index contributed by atoms with van der Waals surface area (Å²) >= 11 is 1.29. The predicted octanol–water partition coefficient (Wildman–Crippen LogP) is 2.76. The Morgan fingerprint density at radius 3 is 2.65 bits per heavy atom. The molecule has 1 atom stereocenters. The van der Waals surface area contributed by atoms with E-state index in [1.165, 1.54) is 42.7 Å². The molecular formula is C18H17NO5S2. The number of hydrogen-bond acceptors (Lipinski definition) is 6. The first-order valence-corrected chi connectivity index (χ1v) is 10.1. The minimum absolute atomic E-state index is 0.0434. The van der Waals surface area contributed by atoms with Crippen molar-refractivity contribution in [1.29, 1.82) is 0 Å². The third-order valence-electron chi connectivity index (χ3n) is 3.93. The molecule has 0 aliphatic carbocycles. The van der Waals surface area contributed by atoms with Crippen molar-refractivity contribution in [2.75, 3.05) is 6.54 Å². The van der Waals surface area contributed by atoms with Gasteiger partial charge in [-0.2, -0.15) is 0 Å². The maximum atomic E-state index is 12.6. The number of Topliss-reactive ketones (excluding diaryl/α,β-unsaturated/α-hetero) is 1. The largest absolute Gasteiger partial charge is 0.466 e. The molecule has 1 unspecified atom stereocenters. The van der Waals surface area contributed by atoms with Gasteiger partial charge in [0, 0.05) is 10.4 Å². The van der Waals surface area contributed by atoms with Crippen molar-refractivity contribution >= 4 is 27.1 Å². The van der Waals surface area contributed by atoms with Gasteiger partial charge in [0.25, 0.3) is 0 Å². The molecule has 3 aromatic rings. The third kappa shape index (κ3) is 3.63. The number of thiophene rings is 1. The molecule has 0 aliphatic heterocycles. The van der Waals surface area contributed by atoms with E-state index < -0.39 is 15.6 Å².